The molecule has 104 valence electrons. The Balaban J connectivity index is 2.27. The fourth-order valence-corrected chi connectivity index (χ4v) is 2.54. The molecule has 0 radical (unpaired) electrons. The third kappa shape index (κ3) is 6.83. The molecule has 0 amide bonds. The quantitative estimate of drug-likeness (QED) is 0.502. The van der Waals surface area contributed by atoms with Crippen LogP contribution in [-0.2, 0) is 6.54 Å². The van der Waals surface area contributed by atoms with Crippen molar-refractivity contribution in [3.05, 3.63) is 18.5 Å². The molecule has 0 aliphatic carbocycles. The van der Waals surface area contributed by atoms with Crippen LogP contribution in [0, 0.1) is 5.92 Å². The summed E-state index contributed by atoms with van der Waals surface area (Å²) >= 11 is 0. The molecule has 18 heavy (non-hydrogen) atoms. The van der Waals surface area contributed by atoms with Gasteiger partial charge < -0.3 is 0 Å². The van der Waals surface area contributed by atoms with Crippen LogP contribution in [0.5, 0.6) is 0 Å². The van der Waals surface area contributed by atoms with E-state index in [1.165, 1.54) is 57.8 Å². The van der Waals surface area contributed by atoms with Gasteiger partial charge in [0.2, 0.25) is 0 Å². The lowest BCUT2D eigenvalue weighted by molar-refractivity contribution is 0.345. The molecule has 0 bridgehead atoms. The van der Waals surface area contributed by atoms with Gasteiger partial charge >= 0.3 is 0 Å². The third-order valence-corrected chi connectivity index (χ3v) is 3.69. The van der Waals surface area contributed by atoms with Gasteiger partial charge in [0, 0.05) is 18.9 Å². The van der Waals surface area contributed by atoms with Crippen molar-refractivity contribution in [3.63, 3.8) is 0 Å². The number of aromatic nitrogens is 2. The topological polar surface area (TPSA) is 17.8 Å². The molecule has 0 N–H and O–H groups in total. The molecule has 0 fully saturated rings. The van der Waals surface area contributed by atoms with Gasteiger partial charge in [0.05, 0.1) is 0 Å². The van der Waals surface area contributed by atoms with Crippen LogP contribution in [0.15, 0.2) is 18.5 Å². The summed E-state index contributed by atoms with van der Waals surface area (Å²) in [6, 6.07) is 2.03. The van der Waals surface area contributed by atoms with Gasteiger partial charge in [0.15, 0.2) is 0 Å². The number of hydrogen-bond acceptors (Lipinski definition) is 1. The molecule has 0 saturated heterocycles. The average molecular weight is 250 g/mol. The highest BCUT2D eigenvalue weighted by atomic mass is 15.3. The van der Waals surface area contributed by atoms with E-state index < -0.39 is 0 Å². The molecule has 2 heteroatoms. The minimum absolute atomic E-state index is 0.827. The predicted octanol–water partition coefficient (Wildman–Crippen LogP) is 5.05. The van der Waals surface area contributed by atoms with Crippen molar-refractivity contribution < 1.29 is 0 Å². The van der Waals surface area contributed by atoms with Crippen molar-refractivity contribution in [1.29, 1.82) is 0 Å². The fraction of sp³-hybridized carbons (Fsp3) is 0.812. The van der Waals surface area contributed by atoms with E-state index in [9.17, 15) is 0 Å². The number of nitrogens with zero attached hydrogens (tertiary/aromatic N) is 2. The van der Waals surface area contributed by atoms with Gasteiger partial charge in [-0.3, -0.25) is 4.68 Å². The Morgan fingerprint density at radius 2 is 1.61 bits per heavy atom. The van der Waals surface area contributed by atoms with Gasteiger partial charge in [-0.1, -0.05) is 58.8 Å². The molecule has 1 aromatic heterocycles. The van der Waals surface area contributed by atoms with E-state index in [2.05, 4.69) is 29.8 Å². The van der Waals surface area contributed by atoms with Gasteiger partial charge in [0.1, 0.15) is 0 Å². The maximum atomic E-state index is 4.35. The second kappa shape index (κ2) is 10.2. The molecule has 0 aliphatic rings. The summed E-state index contributed by atoms with van der Waals surface area (Å²) < 4.78 is 2.11. The molecule has 2 nitrogen and oxygen atoms in total. The summed E-state index contributed by atoms with van der Waals surface area (Å²) in [4.78, 5) is 0. The smallest absolute Gasteiger partial charge is 0.0489 e. The lowest BCUT2D eigenvalue weighted by atomic mass is 9.95. The van der Waals surface area contributed by atoms with Crippen molar-refractivity contribution in [2.45, 2.75) is 78.2 Å². The SMILES string of the molecule is CCCCCCC(CCCCC)Cn1cccn1. The Hall–Kier alpha value is -0.790. The molecular weight excluding hydrogens is 220 g/mol. The van der Waals surface area contributed by atoms with Crippen LogP contribution in [0.2, 0.25) is 0 Å². The number of rotatable bonds is 11. The summed E-state index contributed by atoms with van der Waals surface area (Å²) in [5.41, 5.74) is 0. The second-order valence-electron chi connectivity index (χ2n) is 5.44. The zero-order valence-electron chi connectivity index (χ0n) is 12.3. The van der Waals surface area contributed by atoms with E-state index in [0.717, 1.165) is 12.5 Å². The van der Waals surface area contributed by atoms with E-state index in [0.29, 0.717) is 0 Å². The molecule has 1 aromatic rings. The Morgan fingerprint density at radius 3 is 2.22 bits per heavy atom. The maximum absolute atomic E-state index is 4.35. The predicted molar refractivity (Wildman–Crippen MR) is 78.6 cm³/mol. The minimum Gasteiger partial charge on any atom is -0.272 e. The molecule has 1 rings (SSSR count). The summed E-state index contributed by atoms with van der Waals surface area (Å²) in [6.45, 7) is 5.68. The summed E-state index contributed by atoms with van der Waals surface area (Å²) in [6.07, 6.45) is 16.3. The Labute approximate surface area is 113 Å². The fourth-order valence-electron chi connectivity index (χ4n) is 2.54. The molecule has 1 unspecified atom stereocenters. The van der Waals surface area contributed by atoms with Crippen molar-refractivity contribution in [1.82, 2.24) is 9.78 Å². The van der Waals surface area contributed by atoms with Crippen LogP contribution in [-0.4, -0.2) is 9.78 Å². The van der Waals surface area contributed by atoms with Crippen LogP contribution in [0.25, 0.3) is 0 Å². The first-order valence-corrected chi connectivity index (χ1v) is 7.84. The first kappa shape index (κ1) is 15.3. The summed E-state index contributed by atoms with van der Waals surface area (Å²) in [5.74, 6) is 0.827. The maximum Gasteiger partial charge on any atom is 0.0489 e. The zero-order chi connectivity index (χ0) is 13.1. The highest BCUT2D eigenvalue weighted by Gasteiger charge is 2.09. The lowest BCUT2D eigenvalue weighted by Gasteiger charge is -2.16. The van der Waals surface area contributed by atoms with Gasteiger partial charge in [-0.2, -0.15) is 5.10 Å². The highest BCUT2D eigenvalue weighted by Crippen LogP contribution is 2.19. The first-order chi connectivity index (χ1) is 8.86. The molecule has 1 heterocycles. The Kier molecular flexibility index (Phi) is 8.62. The van der Waals surface area contributed by atoms with Crippen molar-refractivity contribution in [2.24, 2.45) is 5.92 Å². The molecule has 1 atom stereocenters. The highest BCUT2D eigenvalue weighted by molar-refractivity contribution is 4.78. The van der Waals surface area contributed by atoms with Gasteiger partial charge in [-0.05, 0) is 24.8 Å². The molecule has 0 aromatic carbocycles. The minimum atomic E-state index is 0.827. The van der Waals surface area contributed by atoms with Crippen molar-refractivity contribution in [3.8, 4) is 0 Å². The summed E-state index contributed by atoms with van der Waals surface area (Å²) in [5, 5.41) is 4.35. The lowest BCUT2D eigenvalue weighted by Crippen LogP contribution is -2.11. The monoisotopic (exact) mass is 250 g/mol. The second-order valence-corrected chi connectivity index (χ2v) is 5.44. The molecule has 0 spiro atoms. The summed E-state index contributed by atoms with van der Waals surface area (Å²) in [7, 11) is 0. The van der Waals surface area contributed by atoms with Crippen LogP contribution < -0.4 is 0 Å². The zero-order valence-corrected chi connectivity index (χ0v) is 12.3. The molecular formula is C16H30N2. The van der Waals surface area contributed by atoms with E-state index in [1.54, 1.807) is 0 Å². The standard InChI is InChI=1S/C16H30N2/c1-3-5-7-9-12-16(11-8-6-4-2)15-18-14-10-13-17-18/h10,13-14,16H,3-9,11-12,15H2,1-2H3. The first-order valence-electron chi connectivity index (χ1n) is 7.84. The van der Waals surface area contributed by atoms with E-state index in [-0.39, 0.29) is 0 Å². The van der Waals surface area contributed by atoms with Gasteiger partial charge in [-0.15, -0.1) is 0 Å². The van der Waals surface area contributed by atoms with Crippen LogP contribution in [0.4, 0.5) is 0 Å². The van der Waals surface area contributed by atoms with Gasteiger partial charge in [0.25, 0.3) is 0 Å². The van der Waals surface area contributed by atoms with Crippen LogP contribution in [0.3, 0.4) is 0 Å². The molecule has 0 aliphatic heterocycles. The van der Waals surface area contributed by atoms with E-state index in [4.69, 9.17) is 0 Å². The van der Waals surface area contributed by atoms with Crippen LogP contribution in [0.1, 0.15) is 71.6 Å². The normalized spacial score (nSPS) is 12.8. The van der Waals surface area contributed by atoms with Gasteiger partial charge in [-0.25, -0.2) is 0 Å². The largest absolute Gasteiger partial charge is 0.272 e. The van der Waals surface area contributed by atoms with Crippen molar-refractivity contribution in [2.75, 3.05) is 0 Å². The van der Waals surface area contributed by atoms with Crippen LogP contribution >= 0.6 is 0 Å². The van der Waals surface area contributed by atoms with E-state index >= 15 is 0 Å². The third-order valence-electron chi connectivity index (χ3n) is 3.69. The van der Waals surface area contributed by atoms with E-state index in [1.807, 2.05) is 12.3 Å². The Bertz CT molecular complexity index is 267. The Morgan fingerprint density at radius 1 is 0.944 bits per heavy atom. The average Bonchev–Trinajstić information content (AvgIpc) is 2.87. The molecule has 0 saturated carbocycles. The van der Waals surface area contributed by atoms with Crippen molar-refractivity contribution >= 4 is 0 Å². The number of unbranched alkanes of at least 4 members (excludes halogenated alkanes) is 5. The number of hydrogen-bond donors (Lipinski definition) is 0.